The second-order valence-electron chi connectivity index (χ2n) is 6.07. The van der Waals surface area contributed by atoms with Crippen LogP contribution in [0.5, 0.6) is 5.75 Å². The Kier molecular flexibility index (Phi) is 4.64. The highest BCUT2D eigenvalue weighted by Crippen LogP contribution is 2.29. The lowest BCUT2D eigenvalue weighted by Crippen LogP contribution is -2.11. The second kappa shape index (κ2) is 6.86. The normalized spacial score (nSPS) is 12.5. The molecule has 24 heavy (non-hydrogen) atoms. The van der Waals surface area contributed by atoms with Crippen molar-refractivity contribution in [3.05, 3.63) is 47.9 Å². The average Bonchev–Trinajstić information content (AvgIpc) is 3.04. The number of rotatable bonds is 6. The summed E-state index contributed by atoms with van der Waals surface area (Å²) in [4.78, 5) is 0. The zero-order valence-corrected chi connectivity index (χ0v) is 14.5. The topological polar surface area (TPSA) is 64.3 Å². The number of aromatic nitrogens is 4. The summed E-state index contributed by atoms with van der Waals surface area (Å²) >= 11 is 0. The van der Waals surface area contributed by atoms with Crippen LogP contribution in [-0.4, -0.2) is 26.4 Å². The minimum Gasteiger partial charge on any atom is -0.494 e. The van der Waals surface area contributed by atoms with E-state index in [0.29, 0.717) is 12.5 Å². The van der Waals surface area contributed by atoms with Crippen molar-refractivity contribution in [2.24, 2.45) is 0 Å². The monoisotopic (exact) mass is 325 g/mol. The molecule has 1 unspecified atom stereocenters. The van der Waals surface area contributed by atoms with Crippen molar-refractivity contribution in [3.8, 4) is 5.75 Å². The van der Waals surface area contributed by atoms with Gasteiger partial charge in [0.1, 0.15) is 12.1 Å². The molecule has 1 atom stereocenters. The number of benzene rings is 1. The minimum absolute atomic E-state index is 0.0654. The van der Waals surface area contributed by atoms with Gasteiger partial charge in [0.15, 0.2) is 0 Å². The first-order valence-corrected chi connectivity index (χ1v) is 8.29. The Morgan fingerprint density at radius 2 is 2.00 bits per heavy atom. The number of ether oxygens (including phenoxy) is 1. The molecule has 0 aliphatic carbocycles. The number of hydrogen-bond acceptors (Lipinski definition) is 5. The number of anilines is 1. The lowest BCUT2D eigenvalue weighted by Gasteiger charge is -2.20. The molecule has 0 radical (unpaired) electrons. The number of nitrogens with one attached hydrogen (secondary N) is 1. The van der Waals surface area contributed by atoms with Crippen molar-refractivity contribution in [1.82, 2.24) is 19.8 Å². The predicted molar refractivity (Wildman–Crippen MR) is 94.5 cm³/mol. The standard InChI is InChI=1S/C18H23N5O/c1-5-24-17-9-7-6-8-14(17)13(4)20-16-10-15(12(2)3)22-23-11-19-21-18(16)23/h6-13,20H,5H2,1-4H3. The quantitative estimate of drug-likeness (QED) is 0.746. The Morgan fingerprint density at radius 1 is 1.21 bits per heavy atom. The maximum absolute atomic E-state index is 5.74. The molecule has 0 aliphatic heterocycles. The zero-order valence-electron chi connectivity index (χ0n) is 14.5. The Bertz CT molecular complexity index is 827. The number of nitrogens with zero attached hydrogens (tertiary/aromatic N) is 4. The maximum atomic E-state index is 5.74. The molecule has 1 aromatic carbocycles. The molecule has 3 rings (SSSR count). The van der Waals surface area contributed by atoms with Gasteiger partial charge in [0.05, 0.1) is 24.0 Å². The van der Waals surface area contributed by atoms with Crippen molar-refractivity contribution in [2.75, 3.05) is 11.9 Å². The van der Waals surface area contributed by atoms with Gasteiger partial charge in [-0.15, -0.1) is 10.2 Å². The van der Waals surface area contributed by atoms with Crippen LogP contribution in [0.15, 0.2) is 36.7 Å². The summed E-state index contributed by atoms with van der Waals surface area (Å²) < 4.78 is 7.47. The molecule has 0 bridgehead atoms. The van der Waals surface area contributed by atoms with Crippen molar-refractivity contribution in [1.29, 1.82) is 0 Å². The summed E-state index contributed by atoms with van der Waals surface area (Å²) in [6.07, 6.45) is 1.63. The molecule has 0 fully saturated rings. The van der Waals surface area contributed by atoms with Crippen LogP contribution in [0.25, 0.3) is 5.65 Å². The van der Waals surface area contributed by atoms with Crippen molar-refractivity contribution in [2.45, 2.75) is 39.7 Å². The molecule has 126 valence electrons. The van der Waals surface area contributed by atoms with Gasteiger partial charge in [-0.05, 0) is 31.9 Å². The van der Waals surface area contributed by atoms with Crippen LogP contribution < -0.4 is 10.1 Å². The van der Waals surface area contributed by atoms with E-state index < -0.39 is 0 Å². The fourth-order valence-electron chi connectivity index (χ4n) is 2.67. The molecule has 3 aromatic rings. The second-order valence-corrected chi connectivity index (χ2v) is 6.07. The van der Waals surface area contributed by atoms with Crippen LogP contribution in [0.2, 0.25) is 0 Å². The van der Waals surface area contributed by atoms with Gasteiger partial charge in [0, 0.05) is 5.56 Å². The third kappa shape index (κ3) is 3.18. The summed E-state index contributed by atoms with van der Waals surface area (Å²) in [5.41, 5.74) is 3.75. The van der Waals surface area contributed by atoms with Crippen LogP contribution in [0, 0.1) is 0 Å². The highest BCUT2D eigenvalue weighted by Gasteiger charge is 2.15. The summed E-state index contributed by atoms with van der Waals surface area (Å²) in [6.45, 7) is 8.99. The molecular weight excluding hydrogens is 302 g/mol. The third-order valence-corrected chi connectivity index (χ3v) is 3.94. The molecule has 0 saturated heterocycles. The lowest BCUT2D eigenvalue weighted by molar-refractivity contribution is 0.335. The molecule has 0 aliphatic rings. The Morgan fingerprint density at radius 3 is 2.75 bits per heavy atom. The van der Waals surface area contributed by atoms with Crippen LogP contribution in [0.4, 0.5) is 5.69 Å². The number of hydrogen-bond donors (Lipinski definition) is 1. The number of para-hydroxylation sites is 1. The Labute approximate surface area is 141 Å². The van der Waals surface area contributed by atoms with Gasteiger partial charge < -0.3 is 10.1 Å². The van der Waals surface area contributed by atoms with Gasteiger partial charge >= 0.3 is 0 Å². The van der Waals surface area contributed by atoms with E-state index in [1.807, 2.05) is 25.1 Å². The highest BCUT2D eigenvalue weighted by molar-refractivity contribution is 5.67. The maximum Gasteiger partial charge on any atom is 0.200 e. The lowest BCUT2D eigenvalue weighted by atomic mass is 10.1. The Hall–Kier alpha value is -2.63. The fraction of sp³-hybridized carbons (Fsp3) is 0.389. The predicted octanol–water partition coefficient (Wildman–Crippen LogP) is 3.82. The molecule has 0 spiro atoms. The van der Waals surface area contributed by atoms with Crippen LogP contribution in [0.3, 0.4) is 0 Å². The summed E-state index contributed by atoms with van der Waals surface area (Å²) in [5.74, 6) is 1.22. The molecule has 6 heteroatoms. The van der Waals surface area contributed by atoms with E-state index >= 15 is 0 Å². The van der Waals surface area contributed by atoms with Gasteiger partial charge in [-0.2, -0.15) is 9.61 Å². The van der Waals surface area contributed by atoms with Crippen molar-refractivity contribution >= 4 is 11.3 Å². The average molecular weight is 325 g/mol. The molecule has 6 nitrogen and oxygen atoms in total. The van der Waals surface area contributed by atoms with Gasteiger partial charge in [0.2, 0.25) is 5.65 Å². The molecule has 0 amide bonds. The van der Waals surface area contributed by atoms with Crippen LogP contribution >= 0.6 is 0 Å². The van der Waals surface area contributed by atoms with E-state index in [4.69, 9.17) is 4.74 Å². The van der Waals surface area contributed by atoms with Gasteiger partial charge in [0.25, 0.3) is 0 Å². The van der Waals surface area contributed by atoms with E-state index in [-0.39, 0.29) is 6.04 Å². The van der Waals surface area contributed by atoms with E-state index in [2.05, 4.69) is 53.5 Å². The molecule has 2 heterocycles. The highest BCUT2D eigenvalue weighted by atomic mass is 16.5. The molecule has 0 saturated carbocycles. The molecular formula is C18H23N5O. The van der Waals surface area contributed by atoms with E-state index in [9.17, 15) is 0 Å². The third-order valence-electron chi connectivity index (χ3n) is 3.94. The van der Waals surface area contributed by atoms with Crippen molar-refractivity contribution in [3.63, 3.8) is 0 Å². The van der Waals surface area contributed by atoms with Crippen LogP contribution in [-0.2, 0) is 0 Å². The van der Waals surface area contributed by atoms with Gasteiger partial charge in [-0.25, -0.2) is 0 Å². The largest absolute Gasteiger partial charge is 0.494 e. The minimum atomic E-state index is 0.0654. The van der Waals surface area contributed by atoms with Crippen LogP contribution in [0.1, 0.15) is 50.9 Å². The summed E-state index contributed by atoms with van der Waals surface area (Å²) in [6, 6.07) is 10.2. The first-order valence-electron chi connectivity index (χ1n) is 8.29. The Balaban J connectivity index is 1.96. The first-order chi connectivity index (χ1) is 11.6. The smallest absolute Gasteiger partial charge is 0.200 e. The molecule has 2 aromatic heterocycles. The fourth-order valence-corrected chi connectivity index (χ4v) is 2.67. The van der Waals surface area contributed by atoms with Gasteiger partial charge in [-0.1, -0.05) is 32.0 Å². The summed E-state index contributed by atoms with van der Waals surface area (Å²) in [7, 11) is 0. The van der Waals surface area contributed by atoms with E-state index in [1.165, 1.54) is 0 Å². The molecule has 1 N–H and O–H groups in total. The zero-order chi connectivity index (χ0) is 17.1. The van der Waals surface area contributed by atoms with E-state index in [0.717, 1.165) is 28.3 Å². The van der Waals surface area contributed by atoms with Crippen molar-refractivity contribution < 1.29 is 4.74 Å². The van der Waals surface area contributed by atoms with E-state index in [1.54, 1.807) is 10.8 Å². The van der Waals surface area contributed by atoms with Gasteiger partial charge in [-0.3, -0.25) is 0 Å². The first kappa shape index (κ1) is 16.2. The SMILES string of the molecule is CCOc1ccccc1C(C)Nc1cc(C(C)C)nn2cnnc12. The number of fused-ring (bicyclic) bond motifs is 1. The summed E-state index contributed by atoms with van der Waals surface area (Å²) in [5, 5.41) is 16.2.